The highest BCUT2D eigenvalue weighted by atomic mass is 32.2. The van der Waals surface area contributed by atoms with E-state index in [1.54, 1.807) is 30.0 Å². The van der Waals surface area contributed by atoms with Gasteiger partial charge >= 0.3 is 0 Å². The number of nitrogens with one attached hydrogen (secondary N) is 1. The molecule has 3 aromatic rings. The lowest BCUT2D eigenvalue weighted by atomic mass is 10.0. The van der Waals surface area contributed by atoms with Crippen molar-refractivity contribution in [3.8, 4) is 10.6 Å². The summed E-state index contributed by atoms with van der Waals surface area (Å²) in [7, 11) is 0. The molecule has 2 heterocycles. The minimum Gasteiger partial charge on any atom is -0.262 e. The van der Waals surface area contributed by atoms with Crippen LogP contribution in [-0.4, -0.2) is 25.4 Å². The summed E-state index contributed by atoms with van der Waals surface area (Å²) in [6.45, 7) is 2.05. The molecule has 1 fully saturated rings. The summed E-state index contributed by atoms with van der Waals surface area (Å²) in [5.74, 6) is 1.53. The van der Waals surface area contributed by atoms with Gasteiger partial charge in [-0.05, 0) is 31.4 Å². The van der Waals surface area contributed by atoms with Gasteiger partial charge < -0.3 is 0 Å². The van der Waals surface area contributed by atoms with Gasteiger partial charge in [-0.15, -0.1) is 15.3 Å². The number of benzene rings is 1. The lowest BCUT2D eigenvalue weighted by molar-refractivity contribution is 0.497. The van der Waals surface area contributed by atoms with Gasteiger partial charge in [-0.1, -0.05) is 60.9 Å². The van der Waals surface area contributed by atoms with Gasteiger partial charge in [-0.25, -0.2) is 9.37 Å². The van der Waals surface area contributed by atoms with Gasteiger partial charge in [0.05, 0.1) is 5.25 Å². The maximum absolute atomic E-state index is 13.9. The normalized spacial score (nSPS) is 16.1. The highest BCUT2D eigenvalue weighted by molar-refractivity contribution is 7.99. The molecule has 0 spiro atoms. The minimum atomic E-state index is -0.277. The van der Waals surface area contributed by atoms with Gasteiger partial charge in [0.15, 0.2) is 5.01 Å². The third kappa shape index (κ3) is 4.55. The Morgan fingerprint density at radius 1 is 1.26 bits per heavy atom. The van der Waals surface area contributed by atoms with Crippen molar-refractivity contribution in [3.05, 3.63) is 40.9 Å². The van der Waals surface area contributed by atoms with Crippen molar-refractivity contribution in [3.63, 3.8) is 0 Å². The Kier molecular flexibility index (Phi) is 5.83. The summed E-state index contributed by atoms with van der Waals surface area (Å²) in [4.78, 5) is 4.61. The molecular formula is C19H22FN5S2. The first kappa shape index (κ1) is 18.6. The molecule has 8 heteroatoms. The number of hydrogen-bond donors (Lipinski definition) is 1. The molecule has 0 amide bonds. The monoisotopic (exact) mass is 403 g/mol. The van der Waals surface area contributed by atoms with Gasteiger partial charge in [-0.2, -0.15) is 0 Å². The van der Waals surface area contributed by atoms with Gasteiger partial charge in [0.1, 0.15) is 16.6 Å². The van der Waals surface area contributed by atoms with Crippen LogP contribution >= 0.6 is 23.1 Å². The zero-order chi connectivity index (χ0) is 18.6. The molecule has 5 nitrogen and oxygen atoms in total. The third-order valence-corrected chi connectivity index (χ3v) is 7.21. The number of thioether (sulfide) groups is 1. The number of rotatable bonds is 7. The second-order valence-corrected chi connectivity index (χ2v) is 9.26. The van der Waals surface area contributed by atoms with E-state index in [1.165, 1.54) is 49.5 Å². The van der Waals surface area contributed by atoms with Crippen molar-refractivity contribution in [1.82, 2.24) is 25.4 Å². The van der Waals surface area contributed by atoms with E-state index in [-0.39, 0.29) is 11.1 Å². The second kappa shape index (κ2) is 8.48. The summed E-state index contributed by atoms with van der Waals surface area (Å²) in [5, 5.41) is 18.0. The van der Waals surface area contributed by atoms with E-state index in [9.17, 15) is 4.39 Å². The van der Waals surface area contributed by atoms with E-state index in [2.05, 4.69) is 25.4 Å². The molecule has 2 aromatic heterocycles. The van der Waals surface area contributed by atoms with E-state index in [0.717, 1.165) is 28.3 Å². The predicted octanol–water partition coefficient (Wildman–Crippen LogP) is 5.44. The maximum Gasteiger partial charge on any atom is 0.209 e. The van der Waals surface area contributed by atoms with Gasteiger partial charge in [0.25, 0.3) is 0 Å². The first-order valence-corrected chi connectivity index (χ1v) is 11.0. The first-order valence-electron chi connectivity index (χ1n) is 9.35. The molecular weight excluding hydrogens is 381 g/mol. The molecule has 1 saturated carbocycles. The smallest absolute Gasteiger partial charge is 0.209 e. The van der Waals surface area contributed by atoms with Crippen LogP contribution < -0.4 is 0 Å². The van der Waals surface area contributed by atoms with Crippen molar-refractivity contribution in [2.75, 3.05) is 0 Å². The van der Waals surface area contributed by atoms with Gasteiger partial charge in [0.2, 0.25) is 5.16 Å². The van der Waals surface area contributed by atoms with E-state index >= 15 is 0 Å². The Balaban J connectivity index is 1.36. The summed E-state index contributed by atoms with van der Waals surface area (Å²) in [5.41, 5.74) is 0.491. The average molecular weight is 404 g/mol. The number of aryl methyl sites for hydroxylation is 1. The molecule has 1 aliphatic rings. The van der Waals surface area contributed by atoms with Crippen LogP contribution in [0.25, 0.3) is 10.6 Å². The number of aromatic amines is 1. The Labute approximate surface area is 166 Å². The molecule has 0 saturated heterocycles. The highest BCUT2D eigenvalue weighted by Crippen LogP contribution is 2.37. The average Bonchev–Trinajstić information content (AvgIpc) is 3.42. The fourth-order valence-corrected chi connectivity index (χ4v) is 5.25. The van der Waals surface area contributed by atoms with Gasteiger partial charge in [-0.3, -0.25) is 5.10 Å². The zero-order valence-electron chi connectivity index (χ0n) is 15.2. The number of halogens is 1. The minimum absolute atomic E-state index is 0.0569. The predicted molar refractivity (Wildman–Crippen MR) is 106 cm³/mol. The van der Waals surface area contributed by atoms with E-state index < -0.39 is 0 Å². The number of aromatic nitrogens is 5. The molecule has 1 N–H and O–H groups in total. The summed E-state index contributed by atoms with van der Waals surface area (Å²) in [6, 6.07) is 6.64. The first-order chi connectivity index (χ1) is 13.2. The Morgan fingerprint density at radius 3 is 2.89 bits per heavy atom. The second-order valence-electron chi connectivity index (χ2n) is 6.94. The molecule has 0 unspecified atom stereocenters. The van der Waals surface area contributed by atoms with Crippen molar-refractivity contribution in [1.29, 1.82) is 0 Å². The fraction of sp³-hybridized carbons (Fsp3) is 0.474. The highest BCUT2D eigenvalue weighted by Gasteiger charge is 2.19. The molecule has 0 bridgehead atoms. The van der Waals surface area contributed by atoms with Crippen LogP contribution in [0.5, 0.6) is 0 Å². The Morgan fingerprint density at radius 2 is 2.07 bits per heavy atom. The molecule has 0 radical (unpaired) electrons. The number of H-pyrrole nitrogens is 1. The molecule has 4 rings (SSSR count). The summed E-state index contributed by atoms with van der Waals surface area (Å²) in [6.07, 6.45) is 7.61. The standard InChI is InChI=1S/C19H22FN5S2/c1-12(17-23-24-18(27-17)14-8-4-5-9-15(14)20)26-19-21-16(22-25-19)11-10-13-6-2-3-7-13/h4-5,8-9,12-13H,2-3,6-7,10-11H2,1H3,(H,21,22,25)/t12-/m1/s1. The molecule has 1 aliphatic carbocycles. The van der Waals surface area contributed by atoms with E-state index in [4.69, 9.17) is 0 Å². The quantitative estimate of drug-likeness (QED) is 0.532. The lowest BCUT2D eigenvalue weighted by Crippen LogP contribution is -1.97. The van der Waals surface area contributed by atoms with Crippen molar-refractivity contribution >= 4 is 23.1 Å². The Hall–Kier alpha value is -1.80. The van der Waals surface area contributed by atoms with Crippen molar-refractivity contribution in [2.24, 2.45) is 5.92 Å². The number of nitrogens with zero attached hydrogens (tertiary/aromatic N) is 4. The van der Waals surface area contributed by atoms with Gasteiger partial charge in [0, 0.05) is 12.0 Å². The van der Waals surface area contributed by atoms with Crippen LogP contribution in [-0.2, 0) is 6.42 Å². The van der Waals surface area contributed by atoms with Crippen molar-refractivity contribution < 1.29 is 4.39 Å². The third-order valence-electron chi connectivity index (χ3n) is 4.95. The topological polar surface area (TPSA) is 67.3 Å². The zero-order valence-corrected chi connectivity index (χ0v) is 16.8. The maximum atomic E-state index is 13.9. The van der Waals surface area contributed by atoms with E-state index in [1.807, 2.05) is 6.92 Å². The van der Waals surface area contributed by atoms with Crippen LogP contribution in [0.1, 0.15) is 55.1 Å². The molecule has 142 valence electrons. The summed E-state index contributed by atoms with van der Waals surface area (Å²) < 4.78 is 13.9. The molecule has 27 heavy (non-hydrogen) atoms. The lowest BCUT2D eigenvalue weighted by Gasteiger charge is -2.05. The van der Waals surface area contributed by atoms with E-state index in [0.29, 0.717) is 10.6 Å². The van der Waals surface area contributed by atoms with Crippen LogP contribution in [0.15, 0.2) is 29.4 Å². The summed E-state index contributed by atoms with van der Waals surface area (Å²) >= 11 is 2.96. The van der Waals surface area contributed by atoms with Crippen LogP contribution in [0.2, 0.25) is 0 Å². The van der Waals surface area contributed by atoms with Crippen LogP contribution in [0, 0.1) is 11.7 Å². The van der Waals surface area contributed by atoms with Crippen molar-refractivity contribution in [2.45, 2.75) is 55.9 Å². The fourth-order valence-electron chi connectivity index (χ4n) is 3.43. The van der Waals surface area contributed by atoms with Crippen LogP contribution in [0.4, 0.5) is 4.39 Å². The Bertz CT molecular complexity index is 888. The SMILES string of the molecule is C[C@@H](Sc1n[nH]c(CCC2CCCC2)n1)c1nnc(-c2ccccc2F)s1. The molecule has 1 atom stereocenters. The van der Waals surface area contributed by atoms with Crippen LogP contribution in [0.3, 0.4) is 0 Å². The molecule has 1 aromatic carbocycles. The molecule has 0 aliphatic heterocycles. The largest absolute Gasteiger partial charge is 0.262 e. The number of hydrogen-bond acceptors (Lipinski definition) is 6.